The number of aromatic nitrogens is 2. The largest absolute Gasteiger partial charge is 0.361 e. The number of hydrogen-bond donors (Lipinski definition) is 0. The van der Waals surface area contributed by atoms with Gasteiger partial charge >= 0.3 is 0 Å². The summed E-state index contributed by atoms with van der Waals surface area (Å²) in [5, 5.41) is 3.89. The summed E-state index contributed by atoms with van der Waals surface area (Å²) in [6, 6.07) is 5.97. The lowest BCUT2D eigenvalue weighted by Gasteiger charge is -2.30. The molecule has 0 aromatic carbocycles. The minimum atomic E-state index is -0.0278. The van der Waals surface area contributed by atoms with E-state index in [1.54, 1.807) is 13.0 Å². The van der Waals surface area contributed by atoms with Crippen LogP contribution in [0.3, 0.4) is 0 Å². The second-order valence-corrected chi connectivity index (χ2v) is 5.73. The zero-order valence-electron chi connectivity index (χ0n) is 12.6. The van der Waals surface area contributed by atoms with Crippen LogP contribution in [-0.4, -0.2) is 27.1 Å². The normalized spacial score (nSPS) is 19.5. The predicted octanol–water partition coefficient (Wildman–Crippen LogP) is 3.08. The van der Waals surface area contributed by atoms with Crippen LogP contribution in [-0.2, 0) is 7.05 Å². The molecule has 0 bridgehead atoms. The number of hydrogen-bond acceptors (Lipinski definition) is 3. The molecule has 0 aliphatic carbocycles. The smallest absolute Gasteiger partial charge is 0.276 e. The summed E-state index contributed by atoms with van der Waals surface area (Å²) in [5.74, 6) is 0.642. The van der Waals surface area contributed by atoms with Crippen LogP contribution < -0.4 is 0 Å². The van der Waals surface area contributed by atoms with Crippen LogP contribution in [0, 0.1) is 6.92 Å². The van der Waals surface area contributed by atoms with Crippen LogP contribution in [0.4, 0.5) is 0 Å². The first-order valence-electron chi connectivity index (χ1n) is 7.52. The quantitative estimate of drug-likeness (QED) is 0.853. The number of likely N-dealkylation sites (tertiary alicyclic amines) is 1. The summed E-state index contributed by atoms with van der Waals surface area (Å²) in [6.07, 6.45) is 6.40. The predicted molar refractivity (Wildman–Crippen MR) is 78.9 cm³/mol. The summed E-state index contributed by atoms with van der Waals surface area (Å²) in [6.45, 7) is 2.58. The van der Waals surface area contributed by atoms with E-state index in [0.717, 1.165) is 25.8 Å². The molecule has 2 aromatic rings. The van der Waals surface area contributed by atoms with Gasteiger partial charge in [0, 0.05) is 31.5 Å². The molecule has 1 fully saturated rings. The minimum Gasteiger partial charge on any atom is -0.361 e. The Morgan fingerprint density at radius 2 is 2.24 bits per heavy atom. The molecule has 0 N–H and O–H groups in total. The van der Waals surface area contributed by atoms with Gasteiger partial charge in [0.05, 0.1) is 6.04 Å². The van der Waals surface area contributed by atoms with Gasteiger partial charge in [0.15, 0.2) is 5.69 Å². The number of amides is 1. The Balaban J connectivity index is 1.92. The van der Waals surface area contributed by atoms with Crippen molar-refractivity contribution in [3.63, 3.8) is 0 Å². The lowest BCUT2D eigenvalue weighted by atomic mass is 10.1. The van der Waals surface area contributed by atoms with E-state index in [1.165, 1.54) is 12.1 Å². The average Bonchev–Trinajstić information content (AvgIpc) is 3.00. The molecule has 1 aliphatic rings. The van der Waals surface area contributed by atoms with Crippen molar-refractivity contribution in [2.75, 3.05) is 6.54 Å². The number of aryl methyl sites for hydroxylation is 2. The van der Waals surface area contributed by atoms with Gasteiger partial charge in [0.2, 0.25) is 0 Å². The van der Waals surface area contributed by atoms with E-state index in [2.05, 4.69) is 15.8 Å². The van der Waals surface area contributed by atoms with Crippen molar-refractivity contribution in [1.29, 1.82) is 0 Å². The Hall–Kier alpha value is -2.04. The first-order chi connectivity index (χ1) is 10.2. The molecule has 21 heavy (non-hydrogen) atoms. The molecule has 0 radical (unpaired) electrons. The van der Waals surface area contributed by atoms with Gasteiger partial charge in [-0.3, -0.25) is 4.79 Å². The van der Waals surface area contributed by atoms with Gasteiger partial charge in [-0.05, 0) is 31.9 Å². The molecule has 0 saturated carbocycles. The summed E-state index contributed by atoms with van der Waals surface area (Å²) in [4.78, 5) is 14.7. The highest BCUT2D eigenvalue weighted by atomic mass is 16.5. The van der Waals surface area contributed by atoms with Gasteiger partial charge in [-0.1, -0.05) is 18.0 Å². The monoisotopic (exact) mass is 287 g/mol. The van der Waals surface area contributed by atoms with Crippen molar-refractivity contribution in [2.45, 2.75) is 38.6 Å². The molecule has 0 spiro atoms. The summed E-state index contributed by atoms with van der Waals surface area (Å²) >= 11 is 0. The maximum absolute atomic E-state index is 12.8. The zero-order chi connectivity index (χ0) is 14.8. The maximum atomic E-state index is 12.8. The van der Waals surface area contributed by atoms with Gasteiger partial charge in [-0.25, -0.2) is 0 Å². The molecule has 3 rings (SSSR count). The van der Waals surface area contributed by atoms with Gasteiger partial charge < -0.3 is 14.0 Å². The van der Waals surface area contributed by atoms with Crippen molar-refractivity contribution in [3.05, 3.63) is 41.5 Å². The molecular weight excluding hydrogens is 266 g/mol. The first-order valence-corrected chi connectivity index (χ1v) is 7.52. The van der Waals surface area contributed by atoms with Crippen molar-refractivity contribution in [3.8, 4) is 0 Å². The minimum absolute atomic E-state index is 0.0278. The molecule has 3 heterocycles. The van der Waals surface area contributed by atoms with Crippen LogP contribution in [0.15, 0.2) is 28.9 Å². The molecule has 5 nitrogen and oxygen atoms in total. The second-order valence-electron chi connectivity index (χ2n) is 5.73. The SMILES string of the molecule is Cc1cc(C(=O)N2CCCCC[C@@H]2c2cccn2C)no1. The van der Waals surface area contributed by atoms with Crippen molar-refractivity contribution in [2.24, 2.45) is 7.05 Å². The van der Waals surface area contributed by atoms with Crippen LogP contribution >= 0.6 is 0 Å². The molecular formula is C16H21N3O2. The molecule has 5 heteroatoms. The van der Waals surface area contributed by atoms with E-state index in [-0.39, 0.29) is 11.9 Å². The third-order valence-electron chi connectivity index (χ3n) is 4.19. The van der Waals surface area contributed by atoms with Gasteiger partial charge in [0.1, 0.15) is 5.76 Å². The van der Waals surface area contributed by atoms with E-state index in [0.29, 0.717) is 11.5 Å². The second kappa shape index (κ2) is 5.76. The topological polar surface area (TPSA) is 51.3 Å². The third kappa shape index (κ3) is 2.73. The van der Waals surface area contributed by atoms with Crippen LogP contribution in [0.2, 0.25) is 0 Å². The van der Waals surface area contributed by atoms with Gasteiger partial charge in [-0.15, -0.1) is 0 Å². The molecule has 1 atom stereocenters. The summed E-state index contributed by atoms with van der Waals surface area (Å²) in [7, 11) is 2.03. The van der Waals surface area contributed by atoms with E-state index in [1.807, 2.05) is 24.2 Å². The molecule has 1 amide bonds. The van der Waals surface area contributed by atoms with Gasteiger partial charge in [0.25, 0.3) is 5.91 Å². The lowest BCUT2D eigenvalue weighted by molar-refractivity contribution is 0.0664. The Morgan fingerprint density at radius 3 is 2.90 bits per heavy atom. The number of carbonyl (C=O) groups is 1. The molecule has 112 valence electrons. The standard InChI is InChI=1S/C16H21N3O2/c1-12-11-13(17-21-12)16(20)19-10-5-3-4-7-15(19)14-8-6-9-18(14)2/h6,8-9,11,15H,3-5,7,10H2,1-2H3/t15-/m1/s1. The van der Waals surface area contributed by atoms with Crippen LogP contribution in [0.1, 0.15) is 53.7 Å². The van der Waals surface area contributed by atoms with Crippen LogP contribution in [0.25, 0.3) is 0 Å². The Bertz CT molecular complexity index is 629. The Morgan fingerprint density at radius 1 is 1.38 bits per heavy atom. The van der Waals surface area contributed by atoms with E-state index in [9.17, 15) is 4.79 Å². The number of rotatable bonds is 2. The molecule has 2 aromatic heterocycles. The number of nitrogens with zero attached hydrogens (tertiary/aromatic N) is 3. The first kappa shape index (κ1) is 13.9. The van der Waals surface area contributed by atoms with E-state index < -0.39 is 0 Å². The summed E-state index contributed by atoms with van der Waals surface area (Å²) in [5.41, 5.74) is 1.60. The van der Waals surface area contributed by atoms with E-state index >= 15 is 0 Å². The average molecular weight is 287 g/mol. The fourth-order valence-electron chi connectivity index (χ4n) is 3.09. The molecule has 0 unspecified atom stereocenters. The number of carbonyl (C=O) groups excluding carboxylic acids is 1. The Labute approximate surface area is 124 Å². The third-order valence-corrected chi connectivity index (χ3v) is 4.19. The molecule has 1 saturated heterocycles. The van der Waals surface area contributed by atoms with E-state index in [4.69, 9.17) is 4.52 Å². The van der Waals surface area contributed by atoms with Crippen molar-refractivity contribution >= 4 is 5.91 Å². The fraction of sp³-hybridized carbons (Fsp3) is 0.500. The lowest BCUT2D eigenvalue weighted by Crippen LogP contribution is -2.35. The fourth-order valence-corrected chi connectivity index (χ4v) is 3.09. The maximum Gasteiger partial charge on any atom is 0.276 e. The summed E-state index contributed by atoms with van der Waals surface area (Å²) < 4.78 is 7.16. The van der Waals surface area contributed by atoms with Crippen molar-refractivity contribution < 1.29 is 9.32 Å². The highest BCUT2D eigenvalue weighted by molar-refractivity contribution is 5.92. The highest BCUT2D eigenvalue weighted by Crippen LogP contribution is 2.31. The van der Waals surface area contributed by atoms with Crippen molar-refractivity contribution in [1.82, 2.24) is 14.6 Å². The highest BCUT2D eigenvalue weighted by Gasteiger charge is 2.30. The zero-order valence-corrected chi connectivity index (χ0v) is 12.6. The van der Waals surface area contributed by atoms with Crippen LogP contribution in [0.5, 0.6) is 0 Å². The molecule has 1 aliphatic heterocycles. The Kier molecular flexibility index (Phi) is 3.82. The van der Waals surface area contributed by atoms with Gasteiger partial charge in [-0.2, -0.15) is 0 Å².